The number of carboxylic acid groups (broad SMARTS) is 1. The second-order valence-electron chi connectivity index (χ2n) is 8.75. The molecule has 0 atom stereocenters. The maximum absolute atomic E-state index is 13.0. The molecule has 3 heterocycles. The second kappa shape index (κ2) is 12.9. The minimum Gasteiger partial charge on any atom is -0.475 e. The summed E-state index contributed by atoms with van der Waals surface area (Å²) in [6, 6.07) is 10.1. The van der Waals surface area contributed by atoms with E-state index in [1.165, 1.54) is 23.5 Å². The van der Waals surface area contributed by atoms with Crippen molar-refractivity contribution in [3.8, 4) is 0 Å². The maximum atomic E-state index is 13.0. The van der Waals surface area contributed by atoms with E-state index in [1.807, 2.05) is 0 Å². The van der Waals surface area contributed by atoms with E-state index in [0.29, 0.717) is 44.3 Å². The van der Waals surface area contributed by atoms with E-state index in [0.717, 1.165) is 48.9 Å². The van der Waals surface area contributed by atoms with Crippen molar-refractivity contribution in [2.45, 2.75) is 18.8 Å². The Labute approximate surface area is 248 Å². The van der Waals surface area contributed by atoms with Crippen LogP contribution in [0.2, 0.25) is 10.0 Å². The molecule has 0 radical (unpaired) electrons. The fourth-order valence-corrected chi connectivity index (χ4v) is 5.23. The summed E-state index contributed by atoms with van der Waals surface area (Å²) in [5.41, 5.74) is 1.05. The Balaban J connectivity index is 0.000000517. The van der Waals surface area contributed by atoms with Gasteiger partial charge in [0.2, 0.25) is 5.95 Å². The summed E-state index contributed by atoms with van der Waals surface area (Å²) in [5.74, 6) is -1.79. The SMILES string of the molecule is FC(F)(F)c1ccc(Nc2nc(N3CCNCC3)nc3sc(Cc4c(Cl)cccc4Cl)nc23)cc1.O=C(O)C(F)(F)F. The minimum absolute atomic E-state index is 0.419. The number of benzene rings is 2. The van der Waals surface area contributed by atoms with Gasteiger partial charge in [0, 0.05) is 48.3 Å². The van der Waals surface area contributed by atoms with Gasteiger partial charge >= 0.3 is 18.3 Å². The lowest BCUT2D eigenvalue weighted by molar-refractivity contribution is -0.192. The van der Waals surface area contributed by atoms with Crippen molar-refractivity contribution >= 4 is 68.3 Å². The van der Waals surface area contributed by atoms with Gasteiger partial charge in [-0.3, -0.25) is 0 Å². The first-order valence-corrected chi connectivity index (χ1v) is 13.6. The van der Waals surface area contributed by atoms with Crippen LogP contribution in [0, 0.1) is 0 Å². The average molecular weight is 653 g/mol. The number of piperazine rings is 1. The van der Waals surface area contributed by atoms with Crippen LogP contribution in [0.15, 0.2) is 42.5 Å². The fourth-order valence-electron chi connectivity index (χ4n) is 3.75. The number of carboxylic acids is 1. The molecule has 0 spiro atoms. The molecule has 0 bridgehead atoms. The zero-order valence-electron chi connectivity index (χ0n) is 21.2. The number of hydrogen-bond acceptors (Lipinski definition) is 8. The number of hydrogen-bond donors (Lipinski definition) is 3. The molecule has 2 aromatic heterocycles. The summed E-state index contributed by atoms with van der Waals surface area (Å²) < 4.78 is 70.7. The molecule has 1 aliphatic rings. The monoisotopic (exact) mass is 652 g/mol. The van der Waals surface area contributed by atoms with Gasteiger partial charge in [0.15, 0.2) is 10.6 Å². The maximum Gasteiger partial charge on any atom is 0.490 e. The van der Waals surface area contributed by atoms with E-state index >= 15 is 0 Å². The lowest BCUT2D eigenvalue weighted by Gasteiger charge is -2.27. The third-order valence-electron chi connectivity index (χ3n) is 5.80. The van der Waals surface area contributed by atoms with Crippen LogP contribution in [0.25, 0.3) is 10.3 Å². The normalized spacial score (nSPS) is 14.0. The van der Waals surface area contributed by atoms with Crippen molar-refractivity contribution in [2.75, 3.05) is 36.4 Å². The highest BCUT2D eigenvalue weighted by Crippen LogP contribution is 2.35. The predicted molar refractivity (Wildman–Crippen MR) is 148 cm³/mol. The van der Waals surface area contributed by atoms with Gasteiger partial charge in [-0.05, 0) is 42.0 Å². The Kier molecular flexibility index (Phi) is 9.65. The number of rotatable bonds is 5. The number of halogens is 8. The number of aliphatic carboxylic acids is 1. The van der Waals surface area contributed by atoms with Crippen LogP contribution in [0.3, 0.4) is 0 Å². The fraction of sp³-hybridized carbons (Fsp3) is 0.280. The van der Waals surface area contributed by atoms with Gasteiger partial charge in [0.05, 0.1) is 5.56 Å². The van der Waals surface area contributed by atoms with Crippen LogP contribution in [-0.4, -0.2) is 58.4 Å². The van der Waals surface area contributed by atoms with Crippen LogP contribution in [-0.2, 0) is 17.4 Å². The minimum atomic E-state index is -5.08. The summed E-state index contributed by atoms with van der Waals surface area (Å²) in [6.07, 6.45) is -9.07. The van der Waals surface area contributed by atoms with Crippen molar-refractivity contribution in [3.05, 3.63) is 68.6 Å². The van der Waals surface area contributed by atoms with Crippen molar-refractivity contribution in [1.29, 1.82) is 0 Å². The van der Waals surface area contributed by atoms with Gasteiger partial charge in [-0.2, -0.15) is 36.3 Å². The molecule has 0 unspecified atom stereocenters. The Hall–Kier alpha value is -3.40. The number of alkyl halides is 6. The zero-order valence-corrected chi connectivity index (χ0v) is 23.5. The number of nitrogens with one attached hydrogen (secondary N) is 2. The van der Waals surface area contributed by atoms with Crippen LogP contribution >= 0.6 is 34.5 Å². The summed E-state index contributed by atoms with van der Waals surface area (Å²) >= 11 is 14.1. The quantitative estimate of drug-likeness (QED) is 0.203. The van der Waals surface area contributed by atoms with E-state index in [1.54, 1.807) is 18.2 Å². The number of nitrogens with zero attached hydrogens (tertiary/aromatic N) is 4. The summed E-state index contributed by atoms with van der Waals surface area (Å²) in [5, 5.41) is 15.4. The molecule has 17 heteroatoms. The van der Waals surface area contributed by atoms with E-state index in [-0.39, 0.29) is 0 Å². The number of carbonyl (C=O) groups is 1. The van der Waals surface area contributed by atoms with Crippen LogP contribution in [0.1, 0.15) is 16.1 Å². The third-order valence-corrected chi connectivity index (χ3v) is 7.46. The molecule has 0 amide bonds. The summed E-state index contributed by atoms with van der Waals surface area (Å²) in [7, 11) is 0. The number of aromatic nitrogens is 3. The molecular formula is C25H20Cl2F6N6O2S. The standard InChI is InChI=1S/C23H19Cl2F3N6S.C2HF3O2/c24-16-2-1-3-17(25)15(16)12-18-31-19-20(30-14-6-4-13(5-7-14)23(26,27)28)32-22(33-21(19)35-18)34-10-8-29-9-11-34;3-2(4,5)1(6)7/h1-7,29H,8-12H2,(H,30,32,33);(H,6,7). The van der Waals surface area contributed by atoms with Gasteiger partial charge in [-0.1, -0.05) is 40.6 Å². The van der Waals surface area contributed by atoms with E-state index in [4.69, 9.17) is 48.1 Å². The molecule has 4 aromatic rings. The van der Waals surface area contributed by atoms with Crippen LogP contribution in [0.5, 0.6) is 0 Å². The van der Waals surface area contributed by atoms with Gasteiger partial charge in [-0.15, -0.1) is 0 Å². The van der Waals surface area contributed by atoms with Gasteiger partial charge < -0.3 is 20.6 Å². The molecule has 42 heavy (non-hydrogen) atoms. The Morgan fingerprint density at radius 3 is 2.12 bits per heavy atom. The molecule has 1 fully saturated rings. The van der Waals surface area contributed by atoms with E-state index in [9.17, 15) is 26.3 Å². The topological polar surface area (TPSA) is 103 Å². The average Bonchev–Trinajstić information content (AvgIpc) is 3.34. The van der Waals surface area contributed by atoms with E-state index < -0.39 is 23.9 Å². The first kappa shape index (κ1) is 31.5. The van der Waals surface area contributed by atoms with E-state index in [2.05, 4.69) is 15.5 Å². The van der Waals surface area contributed by atoms with Crippen molar-refractivity contribution in [2.24, 2.45) is 0 Å². The molecule has 0 aliphatic carbocycles. The largest absolute Gasteiger partial charge is 0.490 e. The first-order valence-electron chi connectivity index (χ1n) is 12.0. The molecular weight excluding hydrogens is 633 g/mol. The predicted octanol–water partition coefficient (Wildman–Crippen LogP) is 6.79. The first-order chi connectivity index (χ1) is 19.7. The lowest BCUT2D eigenvalue weighted by atomic mass is 10.1. The molecule has 1 saturated heterocycles. The second-order valence-corrected chi connectivity index (χ2v) is 10.6. The molecule has 5 rings (SSSR count). The lowest BCUT2D eigenvalue weighted by Crippen LogP contribution is -2.44. The molecule has 2 aromatic carbocycles. The molecule has 8 nitrogen and oxygen atoms in total. The highest BCUT2D eigenvalue weighted by Gasteiger charge is 2.38. The molecule has 3 N–H and O–H groups in total. The number of anilines is 3. The highest BCUT2D eigenvalue weighted by molar-refractivity contribution is 7.18. The van der Waals surface area contributed by atoms with Crippen molar-refractivity contribution < 1.29 is 36.2 Å². The molecule has 224 valence electrons. The van der Waals surface area contributed by atoms with Gasteiger partial charge in [0.1, 0.15) is 10.5 Å². The molecule has 0 saturated carbocycles. The van der Waals surface area contributed by atoms with Gasteiger partial charge in [0.25, 0.3) is 0 Å². The zero-order chi connectivity index (χ0) is 30.7. The van der Waals surface area contributed by atoms with Crippen LogP contribution < -0.4 is 15.5 Å². The Bertz CT molecular complexity index is 1540. The third kappa shape index (κ3) is 7.91. The van der Waals surface area contributed by atoms with Gasteiger partial charge in [-0.25, -0.2) is 9.78 Å². The highest BCUT2D eigenvalue weighted by atomic mass is 35.5. The van der Waals surface area contributed by atoms with Crippen molar-refractivity contribution in [1.82, 2.24) is 20.3 Å². The van der Waals surface area contributed by atoms with Crippen molar-refractivity contribution in [3.63, 3.8) is 0 Å². The molecule has 1 aliphatic heterocycles. The Morgan fingerprint density at radius 2 is 1.57 bits per heavy atom. The Morgan fingerprint density at radius 1 is 0.976 bits per heavy atom. The summed E-state index contributed by atoms with van der Waals surface area (Å²) in [6.45, 7) is 3.10. The number of fused-ring (bicyclic) bond motifs is 1. The van der Waals surface area contributed by atoms with Crippen LogP contribution in [0.4, 0.5) is 43.8 Å². The summed E-state index contributed by atoms with van der Waals surface area (Å²) in [4.78, 5) is 25.8. The smallest absolute Gasteiger partial charge is 0.475 e. The number of thiazole rings is 1.